The quantitative estimate of drug-likeness (QED) is 0.794. The van der Waals surface area contributed by atoms with Crippen LogP contribution in [-0.4, -0.2) is 23.1 Å². The molecule has 6 heteroatoms. The summed E-state index contributed by atoms with van der Waals surface area (Å²) in [6.07, 6.45) is 2.62. The predicted molar refractivity (Wildman–Crippen MR) is 84.9 cm³/mol. The summed E-state index contributed by atoms with van der Waals surface area (Å²) in [4.78, 5) is 22.9. The Morgan fingerprint density at radius 2 is 1.86 bits per heavy atom. The van der Waals surface area contributed by atoms with Crippen molar-refractivity contribution in [2.24, 2.45) is 5.92 Å². The van der Waals surface area contributed by atoms with Gasteiger partial charge in [0.05, 0.1) is 12.0 Å². The summed E-state index contributed by atoms with van der Waals surface area (Å²) in [7, 11) is 0. The van der Waals surface area contributed by atoms with E-state index in [1.165, 1.54) is 0 Å². The van der Waals surface area contributed by atoms with E-state index in [0.29, 0.717) is 30.7 Å². The van der Waals surface area contributed by atoms with Crippen molar-refractivity contribution in [2.45, 2.75) is 44.7 Å². The second-order valence-electron chi connectivity index (χ2n) is 5.75. The first-order valence-corrected chi connectivity index (χ1v) is 7.89. The van der Waals surface area contributed by atoms with Gasteiger partial charge in [0.25, 0.3) is 0 Å². The molecule has 5 nitrogen and oxygen atoms in total. The topological polar surface area (TPSA) is 78.4 Å². The molecule has 22 heavy (non-hydrogen) atoms. The molecule has 2 rings (SSSR count). The fourth-order valence-corrected chi connectivity index (χ4v) is 3.11. The Bertz CT molecular complexity index is 542. The minimum atomic E-state index is -0.741. The Hall–Kier alpha value is -1.75. The van der Waals surface area contributed by atoms with Gasteiger partial charge in [-0.1, -0.05) is 29.8 Å². The van der Waals surface area contributed by atoms with Crippen LogP contribution in [0.4, 0.5) is 4.79 Å². The van der Waals surface area contributed by atoms with Gasteiger partial charge in [-0.2, -0.15) is 0 Å². The van der Waals surface area contributed by atoms with Crippen LogP contribution in [0.1, 0.15) is 44.2 Å². The Morgan fingerprint density at radius 1 is 1.23 bits per heavy atom. The molecule has 0 aromatic heterocycles. The van der Waals surface area contributed by atoms with Crippen LogP contribution in [0.5, 0.6) is 0 Å². The van der Waals surface area contributed by atoms with Crippen molar-refractivity contribution < 1.29 is 14.7 Å². The molecule has 0 heterocycles. The van der Waals surface area contributed by atoms with E-state index in [-0.39, 0.29) is 24.0 Å². The molecule has 0 bridgehead atoms. The normalized spacial score (nSPS) is 22.6. The minimum Gasteiger partial charge on any atom is -0.481 e. The van der Waals surface area contributed by atoms with Crippen molar-refractivity contribution in [2.75, 3.05) is 0 Å². The Kier molecular flexibility index (Phi) is 5.66. The molecule has 1 fully saturated rings. The van der Waals surface area contributed by atoms with Gasteiger partial charge >= 0.3 is 12.0 Å². The highest BCUT2D eigenvalue weighted by Gasteiger charge is 2.26. The lowest BCUT2D eigenvalue weighted by molar-refractivity contribution is -0.142. The molecule has 0 aliphatic heterocycles. The van der Waals surface area contributed by atoms with Crippen molar-refractivity contribution in [3.63, 3.8) is 0 Å². The molecular weight excluding hydrogens is 304 g/mol. The molecule has 0 saturated heterocycles. The zero-order valence-corrected chi connectivity index (χ0v) is 13.3. The van der Waals surface area contributed by atoms with Gasteiger partial charge in [0.15, 0.2) is 0 Å². The summed E-state index contributed by atoms with van der Waals surface area (Å²) in [5, 5.41) is 15.4. The lowest BCUT2D eigenvalue weighted by atomic mass is 9.86. The van der Waals surface area contributed by atoms with E-state index in [1.807, 2.05) is 25.1 Å². The Morgan fingerprint density at radius 3 is 2.45 bits per heavy atom. The number of carbonyl (C=O) groups excluding carboxylic acids is 1. The fraction of sp³-hybridized carbons (Fsp3) is 0.500. The molecule has 1 atom stereocenters. The monoisotopic (exact) mass is 324 g/mol. The van der Waals surface area contributed by atoms with Crippen LogP contribution in [0.25, 0.3) is 0 Å². The Balaban J connectivity index is 1.81. The first-order chi connectivity index (χ1) is 10.5. The first-order valence-electron chi connectivity index (χ1n) is 7.51. The maximum absolute atomic E-state index is 12.0. The molecule has 1 aliphatic rings. The SMILES string of the molecule is C[C@H](NC(=O)NC1CCC(C(=O)O)CC1)c1ccccc1Cl. The van der Waals surface area contributed by atoms with Gasteiger partial charge < -0.3 is 15.7 Å². The summed E-state index contributed by atoms with van der Waals surface area (Å²) in [5.41, 5.74) is 0.869. The van der Waals surface area contributed by atoms with E-state index < -0.39 is 5.97 Å². The predicted octanol–water partition coefficient (Wildman–Crippen LogP) is 3.34. The van der Waals surface area contributed by atoms with E-state index in [1.54, 1.807) is 6.07 Å². The van der Waals surface area contributed by atoms with Crippen LogP contribution in [0.15, 0.2) is 24.3 Å². The molecule has 1 aromatic carbocycles. The van der Waals surface area contributed by atoms with Gasteiger partial charge in [-0.3, -0.25) is 4.79 Å². The van der Waals surface area contributed by atoms with Crippen LogP contribution in [0.3, 0.4) is 0 Å². The molecule has 1 saturated carbocycles. The van der Waals surface area contributed by atoms with Crippen LogP contribution in [0.2, 0.25) is 5.02 Å². The van der Waals surface area contributed by atoms with E-state index in [0.717, 1.165) is 5.56 Å². The van der Waals surface area contributed by atoms with Crippen molar-refractivity contribution in [1.29, 1.82) is 0 Å². The third-order valence-corrected chi connectivity index (χ3v) is 4.48. The summed E-state index contributed by atoms with van der Waals surface area (Å²) in [5.74, 6) is -1.02. The van der Waals surface area contributed by atoms with Gasteiger partial charge in [-0.05, 0) is 44.2 Å². The van der Waals surface area contributed by atoms with Crippen LogP contribution in [-0.2, 0) is 4.79 Å². The summed E-state index contributed by atoms with van der Waals surface area (Å²) >= 11 is 6.11. The van der Waals surface area contributed by atoms with Crippen molar-refractivity contribution in [1.82, 2.24) is 10.6 Å². The minimum absolute atomic E-state index is 0.0362. The third-order valence-electron chi connectivity index (χ3n) is 4.13. The standard InChI is InChI=1S/C16H21ClN2O3/c1-10(13-4-2-3-5-14(13)17)18-16(22)19-12-8-6-11(7-9-12)15(20)21/h2-5,10-12H,6-9H2,1H3,(H,20,21)(H2,18,19,22)/t10-,11?,12?/m0/s1. The van der Waals surface area contributed by atoms with E-state index in [4.69, 9.17) is 16.7 Å². The molecule has 120 valence electrons. The van der Waals surface area contributed by atoms with Crippen LogP contribution >= 0.6 is 11.6 Å². The number of hydrogen-bond donors (Lipinski definition) is 3. The van der Waals surface area contributed by atoms with Crippen molar-refractivity contribution in [3.8, 4) is 0 Å². The number of carbonyl (C=O) groups is 2. The number of amides is 2. The average Bonchev–Trinajstić information content (AvgIpc) is 2.48. The first kappa shape index (κ1) is 16.6. The molecule has 1 aromatic rings. The number of carboxylic acids is 1. The van der Waals surface area contributed by atoms with E-state index in [2.05, 4.69) is 10.6 Å². The number of carboxylic acid groups (broad SMARTS) is 1. The van der Waals surface area contributed by atoms with Gasteiger partial charge in [0.2, 0.25) is 0 Å². The largest absolute Gasteiger partial charge is 0.481 e. The second-order valence-corrected chi connectivity index (χ2v) is 6.15. The third kappa shape index (κ3) is 4.37. The smallest absolute Gasteiger partial charge is 0.315 e. The van der Waals surface area contributed by atoms with Gasteiger partial charge in [0.1, 0.15) is 0 Å². The molecule has 0 radical (unpaired) electrons. The number of aliphatic carboxylic acids is 1. The number of halogens is 1. The number of benzene rings is 1. The van der Waals surface area contributed by atoms with Gasteiger partial charge in [-0.15, -0.1) is 0 Å². The van der Waals surface area contributed by atoms with Crippen LogP contribution in [0, 0.1) is 5.92 Å². The maximum atomic E-state index is 12.0. The van der Waals surface area contributed by atoms with Gasteiger partial charge in [-0.25, -0.2) is 4.79 Å². The molecule has 0 spiro atoms. The van der Waals surface area contributed by atoms with E-state index >= 15 is 0 Å². The lowest BCUT2D eigenvalue weighted by Gasteiger charge is -2.27. The molecule has 3 N–H and O–H groups in total. The lowest BCUT2D eigenvalue weighted by Crippen LogP contribution is -2.44. The highest BCUT2D eigenvalue weighted by molar-refractivity contribution is 6.31. The zero-order valence-electron chi connectivity index (χ0n) is 12.5. The Labute approximate surface area is 135 Å². The van der Waals surface area contributed by atoms with Crippen LogP contribution < -0.4 is 10.6 Å². The molecular formula is C16H21ClN2O3. The van der Waals surface area contributed by atoms with Crippen molar-refractivity contribution >= 4 is 23.6 Å². The number of urea groups is 1. The summed E-state index contributed by atoms with van der Waals surface area (Å²) < 4.78 is 0. The molecule has 1 aliphatic carbocycles. The summed E-state index contributed by atoms with van der Waals surface area (Å²) in [6, 6.07) is 7.00. The number of rotatable bonds is 4. The number of hydrogen-bond acceptors (Lipinski definition) is 2. The molecule has 2 amide bonds. The second kappa shape index (κ2) is 7.49. The maximum Gasteiger partial charge on any atom is 0.315 e. The zero-order chi connectivity index (χ0) is 16.1. The summed E-state index contributed by atoms with van der Waals surface area (Å²) in [6.45, 7) is 1.88. The van der Waals surface area contributed by atoms with E-state index in [9.17, 15) is 9.59 Å². The van der Waals surface area contributed by atoms with Crippen molar-refractivity contribution in [3.05, 3.63) is 34.9 Å². The highest BCUT2D eigenvalue weighted by atomic mass is 35.5. The fourth-order valence-electron chi connectivity index (χ4n) is 2.81. The highest BCUT2D eigenvalue weighted by Crippen LogP contribution is 2.25. The van der Waals surface area contributed by atoms with Gasteiger partial charge in [0, 0.05) is 11.1 Å². The number of nitrogens with one attached hydrogen (secondary N) is 2. The average molecular weight is 325 g/mol. The molecule has 0 unspecified atom stereocenters.